The van der Waals surface area contributed by atoms with E-state index < -0.39 is 0 Å². The highest BCUT2D eigenvalue weighted by atomic mass is 32.1. The number of nitrogens with zero attached hydrogens (tertiary/aromatic N) is 6. The minimum absolute atomic E-state index is 0.544. The molecule has 0 aliphatic heterocycles. The fourth-order valence-electron chi connectivity index (χ4n) is 7.85. The molecule has 0 amide bonds. The number of aromatic nitrogens is 6. The maximum absolute atomic E-state index is 5.34. The van der Waals surface area contributed by atoms with Crippen molar-refractivity contribution in [2.45, 2.75) is 0 Å². The van der Waals surface area contributed by atoms with Gasteiger partial charge in [0, 0.05) is 53.6 Å². The molecule has 7 heteroatoms. The number of thiophene rings is 1. The van der Waals surface area contributed by atoms with Gasteiger partial charge < -0.3 is 0 Å². The highest BCUT2D eigenvalue weighted by molar-refractivity contribution is 7.25. The Morgan fingerprint density at radius 3 is 1.26 bits per heavy atom. The van der Waals surface area contributed by atoms with Gasteiger partial charge in [0.25, 0.3) is 0 Å². The number of benzene rings is 8. The largest absolute Gasteiger partial charge is 0.208 e. The highest BCUT2D eigenvalue weighted by Crippen LogP contribution is 2.44. The summed E-state index contributed by atoms with van der Waals surface area (Å²) in [5.41, 5.74) is 9.54. The van der Waals surface area contributed by atoms with Crippen LogP contribution in [-0.4, -0.2) is 29.9 Å². The normalized spacial score (nSPS) is 11.3. The van der Waals surface area contributed by atoms with Crippen molar-refractivity contribution in [3.05, 3.63) is 206 Å². The number of hydrogen-bond donors (Lipinski definition) is 0. The summed E-state index contributed by atoms with van der Waals surface area (Å²) in [6.07, 6.45) is 0. The molecular weight excluding hydrogens is 765 g/mol. The van der Waals surface area contributed by atoms with Crippen LogP contribution in [0, 0.1) is 0 Å². The Balaban J connectivity index is 1.18. The van der Waals surface area contributed by atoms with Crippen LogP contribution in [-0.2, 0) is 0 Å². The summed E-state index contributed by atoms with van der Waals surface area (Å²) in [6, 6.07) is 70.6. The lowest BCUT2D eigenvalue weighted by Gasteiger charge is -2.15. The zero-order chi connectivity index (χ0) is 40.5. The fourth-order valence-corrected chi connectivity index (χ4v) is 8.98. The number of hydrogen-bond acceptors (Lipinski definition) is 7. The predicted octanol–water partition coefficient (Wildman–Crippen LogP) is 13.8. The Kier molecular flexibility index (Phi) is 9.26. The lowest BCUT2D eigenvalue weighted by Crippen LogP contribution is -2.03. The SMILES string of the molecule is c1ccc(-c2cccc(-c3nc(-c4ccccc4)nc(-c4cc(-c5nc(-c6ccccc6)nc(-c6ccccc6)n5)ccc4-c4cccc5sc6ccccc6c45)n3)c2)cc1. The minimum atomic E-state index is 0.544. The zero-order valence-corrected chi connectivity index (χ0v) is 33.5. The van der Waals surface area contributed by atoms with Gasteiger partial charge in [-0.15, -0.1) is 11.3 Å². The van der Waals surface area contributed by atoms with E-state index in [0.717, 1.165) is 55.6 Å². The van der Waals surface area contributed by atoms with Crippen molar-refractivity contribution >= 4 is 31.5 Å². The molecule has 11 aromatic rings. The highest BCUT2D eigenvalue weighted by Gasteiger charge is 2.21. The second-order valence-electron chi connectivity index (χ2n) is 14.7. The van der Waals surface area contributed by atoms with Crippen LogP contribution in [0.15, 0.2) is 206 Å². The first-order chi connectivity index (χ1) is 30.2. The molecule has 8 aromatic carbocycles. The van der Waals surface area contributed by atoms with Crippen LogP contribution >= 0.6 is 11.3 Å². The van der Waals surface area contributed by atoms with Crippen LogP contribution in [0.1, 0.15) is 0 Å². The molecule has 0 bridgehead atoms. The van der Waals surface area contributed by atoms with E-state index in [1.54, 1.807) is 11.3 Å². The monoisotopic (exact) mass is 798 g/mol. The van der Waals surface area contributed by atoms with Gasteiger partial charge >= 0.3 is 0 Å². The van der Waals surface area contributed by atoms with Crippen LogP contribution in [0.2, 0.25) is 0 Å². The molecule has 3 heterocycles. The molecule has 0 N–H and O–H groups in total. The van der Waals surface area contributed by atoms with Gasteiger partial charge in [-0.2, -0.15) is 0 Å². The second kappa shape index (κ2) is 15.6. The average molecular weight is 799 g/mol. The van der Waals surface area contributed by atoms with Gasteiger partial charge in [-0.05, 0) is 46.5 Å². The summed E-state index contributed by atoms with van der Waals surface area (Å²) in [7, 11) is 0. The summed E-state index contributed by atoms with van der Waals surface area (Å²) in [6.45, 7) is 0. The average Bonchev–Trinajstić information content (AvgIpc) is 3.74. The van der Waals surface area contributed by atoms with Gasteiger partial charge in [-0.1, -0.05) is 182 Å². The van der Waals surface area contributed by atoms with Crippen LogP contribution in [0.3, 0.4) is 0 Å². The molecule has 0 fully saturated rings. The maximum Gasteiger partial charge on any atom is 0.164 e. The molecule has 0 saturated heterocycles. The molecule has 6 nitrogen and oxygen atoms in total. The van der Waals surface area contributed by atoms with Gasteiger partial charge in [-0.25, -0.2) is 29.9 Å². The van der Waals surface area contributed by atoms with Crippen molar-refractivity contribution in [2.24, 2.45) is 0 Å². The van der Waals surface area contributed by atoms with Crippen molar-refractivity contribution < 1.29 is 0 Å². The number of fused-ring (bicyclic) bond motifs is 3. The Bertz CT molecular complexity index is 3300. The van der Waals surface area contributed by atoms with Crippen LogP contribution in [0.4, 0.5) is 0 Å². The molecule has 61 heavy (non-hydrogen) atoms. The molecule has 286 valence electrons. The third kappa shape index (κ3) is 7.03. The van der Waals surface area contributed by atoms with E-state index in [2.05, 4.69) is 109 Å². The predicted molar refractivity (Wildman–Crippen MR) is 250 cm³/mol. The van der Waals surface area contributed by atoms with Gasteiger partial charge in [-0.3, -0.25) is 0 Å². The molecule has 11 rings (SSSR count). The first kappa shape index (κ1) is 36.1. The molecule has 0 aliphatic rings. The Labute approximate surface area is 356 Å². The molecule has 3 aromatic heterocycles. The standard InChI is InChI=1S/C54H34N6S/c1-5-17-35(18-6-1)39-25-15-26-40(33-39)52-58-51(38-23-11-4-12-24-38)59-54(60-52)45-34-41(31-32-42(45)43-28-16-30-47-48(43)44-27-13-14-29-46(44)61-47)53-56-49(36-19-7-2-8-20-36)55-50(57-53)37-21-9-3-10-22-37/h1-34H. The number of rotatable bonds is 8. The van der Waals surface area contributed by atoms with E-state index >= 15 is 0 Å². The zero-order valence-electron chi connectivity index (χ0n) is 32.7. The molecule has 0 atom stereocenters. The van der Waals surface area contributed by atoms with Gasteiger partial charge in [0.15, 0.2) is 34.9 Å². The van der Waals surface area contributed by atoms with Gasteiger partial charge in [0.1, 0.15) is 0 Å². The molecule has 0 aliphatic carbocycles. The molecular formula is C54H34N6S. The smallest absolute Gasteiger partial charge is 0.164 e. The molecule has 0 unspecified atom stereocenters. The Morgan fingerprint density at radius 2 is 0.672 bits per heavy atom. The minimum Gasteiger partial charge on any atom is -0.208 e. The first-order valence-corrected chi connectivity index (χ1v) is 20.9. The summed E-state index contributed by atoms with van der Waals surface area (Å²) in [4.78, 5) is 31.0. The van der Waals surface area contributed by atoms with Crippen molar-refractivity contribution in [2.75, 3.05) is 0 Å². The quantitative estimate of drug-likeness (QED) is 0.152. The van der Waals surface area contributed by atoms with E-state index in [1.807, 2.05) is 97.1 Å². The lowest BCUT2D eigenvalue weighted by molar-refractivity contribution is 1.07. The van der Waals surface area contributed by atoms with E-state index in [-0.39, 0.29) is 0 Å². The molecule has 0 saturated carbocycles. The summed E-state index contributed by atoms with van der Waals surface area (Å²) >= 11 is 1.80. The van der Waals surface area contributed by atoms with E-state index in [1.165, 1.54) is 20.2 Å². The summed E-state index contributed by atoms with van der Waals surface area (Å²) < 4.78 is 2.45. The molecule has 0 spiro atoms. The topological polar surface area (TPSA) is 77.3 Å². The van der Waals surface area contributed by atoms with E-state index in [9.17, 15) is 0 Å². The van der Waals surface area contributed by atoms with Crippen molar-refractivity contribution in [3.63, 3.8) is 0 Å². The third-order valence-corrected chi connectivity index (χ3v) is 11.9. The Hall–Kier alpha value is -8.00. The van der Waals surface area contributed by atoms with E-state index in [4.69, 9.17) is 29.9 Å². The summed E-state index contributed by atoms with van der Waals surface area (Å²) in [5, 5.41) is 2.41. The van der Waals surface area contributed by atoms with Gasteiger partial charge in [0.05, 0.1) is 0 Å². The third-order valence-electron chi connectivity index (χ3n) is 10.8. The lowest BCUT2D eigenvalue weighted by atomic mass is 9.93. The second-order valence-corrected chi connectivity index (χ2v) is 15.8. The summed E-state index contributed by atoms with van der Waals surface area (Å²) in [5.74, 6) is 3.44. The van der Waals surface area contributed by atoms with Crippen molar-refractivity contribution in [3.8, 4) is 90.6 Å². The van der Waals surface area contributed by atoms with Crippen molar-refractivity contribution in [1.29, 1.82) is 0 Å². The first-order valence-electron chi connectivity index (χ1n) is 20.1. The van der Waals surface area contributed by atoms with Crippen LogP contribution < -0.4 is 0 Å². The van der Waals surface area contributed by atoms with Gasteiger partial charge in [0.2, 0.25) is 0 Å². The van der Waals surface area contributed by atoms with Crippen LogP contribution in [0.25, 0.3) is 111 Å². The van der Waals surface area contributed by atoms with Crippen LogP contribution in [0.5, 0.6) is 0 Å². The molecule has 0 radical (unpaired) electrons. The Morgan fingerprint density at radius 1 is 0.246 bits per heavy atom. The maximum atomic E-state index is 5.34. The fraction of sp³-hybridized carbons (Fsp3) is 0. The van der Waals surface area contributed by atoms with Crippen molar-refractivity contribution in [1.82, 2.24) is 29.9 Å². The van der Waals surface area contributed by atoms with E-state index in [0.29, 0.717) is 34.9 Å².